The summed E-state index contributed by atoms with van der Waals surface area (Å²) in [6.45, 7) is -0.942. The first-order chi connectivity index (χ1) is 15.8. The van der Waals surface area contributed by atoms with Crippen molar-refractivity contribution in [3.8, 4) is 0 Å². The van der Waals surface area contributed by atoms with Crippen molar-refractivity contribution in [1.29, 1.82) is 5.41 Å². The van der Waals surface area contributed by atoms with Gasteiger partial charge in [-0.25, -0.2) is 19.1 Å². The minimum Gasteiger partial charge on any atom is -0.387 e. The maximum Gasteiger partial charge on any atom is 0.469 e. The standard InChI is InChI=1S/C14H22ClN5O12P2/c15-14-18-8-11(16)19(1-2-29-3-4-30-33(23,24)25)6-17-12(8)20(14)13-10(22)9(21)7(32-13)5-31-34(26,27)28/h6-7,9-10,13,16,21-22H,1-5H2,(H2,23,24,25)(H2,26,27,28)/t7-,9-,10-,13-/m1/s1. The molecule has 0 aromatic carbocycles. The zero-order valence-electron chi connectivity index (χ0n) is 17.1. The quantitative estimate of drug-likeness (QED) is 0.0929. The summed E-state index contributed by atoms with van der Waals surface area (Å²) in [6.07, 6.45) is -4.51. The molecule has 17 nitrogen and oxygen atoms in total. The zero-order chi connectivity index (χ0) is 25.3. The average molecular weight is 550 g/mol. The number of ether oxygens (including phenoxy) is 2. The monoisotopic (exact) mass is 549 g/mol. The highest BCUT2D eigenvalue weighted by molar-refractivity contribution is 7.46. The van der Waals surface area contributed by atoms with Gasteiger partial charge in [0.15, 0.2) is 22.9 Å². The number of aliphatic hydroxyl groups excluding tert-OH is 2. The largest absolute Gasteiger partial charge is 0.469 e. The van der Waals surface area contributed by atoms with Crippen LogP contribution in [0, 0.1) is 5.41 Å². The molecule has 0 amide bonds. The summed E-state index contributed by atoms with van der Waals surface area (Å²) in [5, 5.41) is 28.7. The summed E-state index contributed by atoms with van der Waals surface area (Å²) in [5.74, 6) is 0. The van der Waals surface area contributed by atoms with E-state index in [1.807, 2.05) is 0 Å². The summed E-state index contributed by atoms with van der Waals surface area (Å²) in [5.41, 5.74) is -0.0669. The van der Waals surface area contributed by atoms with Crippen LogP contribution in [0.2, 0.25) is 5.28 Å². The van der Waals surface area contributed by atoms with Crippen molar-refractivity contribution >= 4 is 38.4 Å². The first-order valence-corrected chi connectivity index (χ1v) is 12.9. The van der Waals surface area contributed by atoms with E-state index in [1.165, 1.54) is 10.9 Å². The highest BCUT2D eigenvalue weighted by Gasteiger charge is 2.46. The molecule has 0 spiro atoms. The van der Waals surface area contributed by atoms with Gasteiger partial charge in [0.1, 0.15) is 18.3 Å². The number of rotatable bonds is 11. The topological polar surface area (TPSA) is 252 Å². The van der Waals surface area contributed by atoms with Gasteiger partial charge in [-0.05, 0) is 11.6 Å². The van der Waals surface area contributed by atoms with Crippen molar-refractivity contribution in [2.75, 3.05) is 26.4 Å². The Morgan fingerprint density at radius 2 is 1.76 bits per heavy atom. The molecule has 3 rings (SSSR count). The molecule has 0 bridgehead atoms. The smallest absolute Gasteiger partial charge is 0.387 e. The van der Waals surface area contributed by atoms with Crippen molar-refractivity contribution in [3.05, 3.63) is 17.1 Å². The molecule has 0 unspecified atom stereocenters. The minimum absolute atomic E-state index is 0.0255. The maximum atomic E-state index is 10.9. The molecule has 0 radical (unpaired) electrons. The molecule has 1 fully saturated rings. The Balaban J connectivity index is 1.71. The zero-order valence-corrected chi connectivity index (χ0v) is 19.7. The van der Waals surface area contributed by atoms with Gasteiger partial charge in [0.25, 0.3) is 0 Å². The fourth-order valence-electron chi connectivity index (χ4n) is 3.12. The number of hydrogen-bond donors (Lipinski definition) is 7. The van der Waals surface area contributed by atoms with Crippen LogP contribution in [-0.2, 0) is 34.2 Å². The second kappa shape index (κ2) is 10.8. The summed E-state index contributed by atoms with van der Waals surface area (Å²) in [6, 6.07) is 0. The van der Waals surface area contributed by atoms with Crippen LogP contribution in [0.1, 0.15) is 6.23 Å². The molecular formula is C14H22ClN5O12P2. The fourth-order valence-corrected chi connectivity index (χ4v) is 4.04. The third-order valence-electron chi connectivity index (χ3n) is 4.64. The van der Waals surface area contributed by atoms with Gasteiger partial charge in [-0.3, -0.25) is 19.0 Å². The lowest BCUT2D eigenvalue weighted by atomic mass is 10.1. The molecule has 192 valence electrons. The average Bonchev–Trinajstić information content (AvgIpc) is 3.20. The second-order valence-electron chi connectivity index (χ2n) is 6.98. The molecule has 2 aromatic rings. The van der Waals surface area contributed by atoms with Crippen LogP contribution < -0.4 is 5.49 Å². The van der Waals surface area contributed by atoms with Crippen LogP contribution in [-0.4, -0.2) is 93.6 Å². The predicted molar refractivity (Wildman–Crippen MR) is 109 cm³/mol. The molecule has 1 saturated heterocycles. The molecule has 2 aromatic heterocycles. The molecule has 1 aliphatic rings. The van der Waals surface area contributed by atoms with Gasteiger partial charge >= 0.3 is 15.6 Å². The predicted octanol–water partition coefficient (Wildman–Crippen LogP) is -1.78. The van der Waals surface area contributed by atoms with Crippen LogP contribution in [0.25, 0.3) is 11.2 Å². The first-order valence-electron chi connectivity index (χ1n) is 9.45. The van der Waals surface area contributed by atoms with E-state index in [0.29, 0.717) is 0 Å². The molecule has 20 heteroatoms. The van der Waals surface area contributed by atoms with Crippen LogP contribution in [0.5, 0.6) is 0 Å². The summed E-state index contributed by atoms with van der Waals surface area (Å²) in [7, 11) is -9.42. The van der Waals surface area contributed by atoms with Gasteiger partial charge in [-0.15, -0.1) is 0 Å². The third kappa shape index (κ3) is 6.67. The molecule has 3 heterocycles. The van der Waals surface area contributed by atoms with Crippen molar-refractivity contribution in [2.24, 2.45) is 0 Å². The van der Waals surface area contributed by atoms with E-state index in [9.17, 15) is 19.3 Å². The van der Waals surface area contributed by atoms with Gasteiger partial charge in [0.2, 0.25) is 5.28 Å². The van der Waals surface area contributed by atoms with E-state index in [-0.39, 0.29) is 48.3 Å². The number of aliphatic hydroxyl groups is 2. The maximum absolute atomic E-state index is 10.9. The molecule has 34 heavy (non-hydrogen) atoms. The number of hydrogen-bond acceptors (Lipinski definition) is 11. The molecule has 0 saturated carbocycles. The van der Waals surface area contributed by atoms with Crippen molar-refractivity contribution < 1.29 is 57.4 Å². The van der Waals surface area contributed by atoms with E-state index in [0.717, 1.165) is 4.57 Å². The Morgan fingerprint density at radius 1 is 1.09 bits per heavy atom. The summed E-state index contributed by atoms with van der Waals surface area (Å²) >= 11 is 6.17. The van der Waals surface area contributed by atoms with Crippen molar-refractivity contribution in [2.45, 2.75) is 31.1 Å². The van der Waals surface area contributed by atoms with E-state index in [1.54, 1.807) is 0 Å². The van der Waals surface area contributed by atoms with E-state index >= 15 is 0 Å². The Labute approximate surface area is 195 Å². The Kier molecular flexibility index (Phi) is 8.63. The van der Waals surface area contributed by atoms with E-state index < -0.39 is 46.8 Å². The number of phosphoric ester groups is 2. The van der Waals surface area contributed by atoms with Gasteiger partial charge in [0, 0.05) is 6.54 Å². The molecule has 7 N–H and O–H groups in total. The molecule has 1 aliphatic heterocycles. The normalized spacial score (nSPS) is 23.7. The fraction of sp³-hybridized carbons (Fsp3) is 0.643. The Hall–Kier alpha value is -1.30. The Morgan fingerprint density at radius 3 is 2.41 bits per heavy atom. The van der Waals surface area contributed by atoms with Gasteiger partial charge in [-0.1, -0.05) is 0 Å². The van der Waals surface area contributed by atoms with Gasteiger partial charge in [-0.2, -0.15) is 0 Å². The number of fused-ring (bicyclic) bond motifs is 1. The van der Waals surface area contributed by atoms with E-state index in [4.69, 9.17) is 46.1 Å². The summed E-state index contributed by atoms with van der Waals surface area (Å²) < 4.78 is 43.2. The SMILES string of the molecule is N=c1c2nc(Cl)n([C@@H]3O[C@H](COP(=O)(O)O)[C@@H](O)[C@H]3O)c2ncn1CCOCCOP(=O)(O)O. The van der Waals surface area contributed by atoms with Gasteiger partial charge in [0.05, 0.1) is 32.8 Å². The van der Waals surface area contributed by atoms with Gasteiger partial charge < -0.3 is 43.8 Å². The highest BCUT2D eigenvalue weighted by atomic mass is 35.5. The lowest BCUT2D eigenvalue weighted by Gasteiger charge is -2.17. The Bertz CT molecular complexity index is 1160. The lowest BCUT2D eigenvalue weighted by molar-refractivity contribution is -0.0502. The number of phosphoric acid groups is 2. The number of aromatic nitrogens is 4. The second-order valence-corrected chi connectivity index (χ2v) is 9.80. The first kappa shape index (κ1) is 27.3. The molecular weight excluding hydrogens is 528 g/mol. The molecule has 4 atom stereocenters. The number of halogens is 1. The lowest BCUT2D eigenvalue weighted by Crippen LogP contribution is -2.33. The number of nitrogens with zero attached hydrogens (tertiary/aromatic N) is 4. The summed E-state index contributed by atoms with van der Waals surface area (Å²) in [4.78, 5) is 43.1. The van der Waals surface area contributed by atoms with Crippen LogP contribution >= 0.6 is 27.2 Å². The van der Waals surface area contributed by atoms with Crippen LogP contribution in [0.3, 0.4) is 0 Å². The minimum atomic E-state index is -4.84. The van der Waals surface area contributed by atoms with E-state index in [2.05, 4.69) is 19.0 Å². The highest BCUT2D eigenvalue weighted by Crippen LogP contribution is 2.39. The van der Waals surface area contributed by atoms with Crippen molar-refractivity contribution in [3.63, 3.8) is 0 Å². The van der Waals surface area contributed by atoms with Crippen LogP contribution in [0.15, 0.2) is 6.33 Å². The third-order valence-corrected chi connectivity index (χ3v) is 5.91. The number of imidazole rings is 1. The van der Waals surface area contributed by atoms with Crippen LogP contribution in [0.4, 0.5) is 0 Å². The van der Waals surface area contributed by atoms with Crippen molar-refractivity contribution in [1.82, 2.24) is 19.1 Å². The number of nitrogens with one attached hydrogen (secondary N) is 1. The molecule has 0 aliphatic carbocycles.